The first kappa shape index (κ1) is 23.2. The van der Waals surface area contributed by atoms with Crippen LogP contribution < -0.4 is 0 Å². The van der Waals surface area contributed by atoms with Crippen molar-refractivity contribution in [3.05, 3.63) is 169 Å². The van der Waals surface area contributed by atoms with Gasteiger partial charge in [0.1, 0.15) is 0 Å². The number of hydrogen-bond donors (Lipinski definition) is 0. The molecule has 0 radical (unpaired) electrons. The maximum atomic E-state index is 3.00. The lowest BCUT2D eigenvalue weighted by Crippen LogP contribution is -2.06. The fraction of sp³-hybridized carbons (Fsp3) is 0.0256. The highest BCUT2D eigenvalue weighted by Gasteiger charge is 2.24. The van der Waals surface area contributed by atoms with E-state index in [1.54, 1.807) is 0 Å². The fourth-order valence-electron chi connectivity index (χ4n) is 6.52. The molecule has 0 saturated heterocycles. The summed E-state index contributed by atoms with van der Waals surface area (Å²) < 4.78 is 0. The van der Waals surface area contributed by atoms with Crippen molar-refractivity contribution in [3.63, 3.8) is 0 Å². The van der Waals surface area contributed by atoms with Crippen molar-refractivity contribution in [2.45, 2.75) is 5.92 Å². The van der Waals surface area contributed by atoms with Gasteiger partial charge in [0.25, 0.3) is 0 Å². The summed E-state index contributed by atoms with van der Waals surface area (Å²) >= 11 is 0. The van der Waals surface area contributed by atoms with Gasteiger partial charge in [0.05, 0.1) is 0 Å². The van der Waals surface area contributed by atoms with Gasteiger partial charge in [0, 0.05) is 5.92 Å². The second-order valence-corrected chi connectivity index (χ2v) is 10.1. The molecule has 0 saturated carbocycles. The predicted molar refractivity (Wildman–Crippen MR) is 170 cm³/mol. The third kappa shape index (κ3) is 3.60. The molecule has 0 bridgehead atoms. The van der Waals surface area contributed by atoms with E-state index in [0.29, 0.717) is 0 Å². The Balaban J connectivity index is 0.00000124. The summed E-state index contributed by atoms with van der Waals surface area (Å²) in [5, 5.41) is 13.2. The molecular weight excluding hydrogens is 468 g/mol. The third-order valence-electron chi connectivity index (χ3n) is 8.14. The largest absolute Gasteiger partial charge is 0.106 e. The zero-order valence-electron chi connectivity index (χ0n) is 21.8. The number of benzene rings is 8. The van der Waals surface area contributed by atoms with Gasteiger partial charge in [-0.15, -0.1) is 13.2 Å². The SMILES string of the molecule is C=C.c1ccc2c(C(c3cccc4ccccc34)c3ccc4ccc5cccc6ccc3c4c56)cccc2c1. The maximum Gasteiger partial charge on any atom is 0.0358 e. The van der Waals surface area contributed by atoms with Crippen LogP contribution in [0.15, 0.2) is 153 Å². The fourth-order valence-corrected chi connectivity index (χ4v) is 6.52. The molecule has 0 amide bonds. The van der Waals surface area contributed by atoms with E-state index >= 15 is 0 Å². The predicted octanol–water partition coefficient (Wildman–Crippen LogP) is 10.9. The molecule has 184 valence electrons. The molecule has 8 rings (SSSR count). The second kappa shape index (κ2) is 9.42. The molecule has 8 aromatic carbocycles. The normalized spacial score (nSPS) is 11.5. The highest BCUT2D eigenvalue weighted by atomic mass is 14.3. The third-order valence-corrected chi connectivity index (χ3v) is 8.14. The molecule has 0 unspecified atom stereocenters. The number of hydrogen-bond acceptors (Lipinski definition) is 0. The Labute approximate surface area is 228 Å². The summed E-state index contributed by atoms with van der Waals surface area (Å²) in [7, 11) is 0. The molecular formula is C39H28. The average Bonchev–Trinajstić information content (AvgIpc) is 3.02. The molecule has 0 atom stereocenters. The van der Waals surface area contributed by atoms with Gasteiger partial charge in [-0.2, -0.15) is 0 Å². The van der Waals surface area contributed by atoms with Gasteiger partial charge in [-0.25, -0.2) is 0 Å². The van der Waals surface area contributed by atoms with Crippen molar-refractivity contribution in [1.29, 1.82) is 0 Å². The molecule has 0 heteroatoms. The molecule has 39 heavy (non-hydrogen) atoms. The number of fused-ring (bicyclic) bond motifs is 2. The van der Waals surface area contributed by atoms with E-state index in [1.165, 1.54) is 70.6 Å². The van der Waals surface area contributed by atoms with Crippen molar-refractivity contribution in [1.82, 2.24) is 0 Å². The average molecular weight is 497 g/mol. The first-order chi connectivity index (χ1) is 19.4. The summed E-state index contributed by atoms with van der Waals surface area (Å²) in [5.74, 6) is 0.0989. The second-order valence-electron chi connectivity index (χ2n) is 10.1. The molecule has 0 fully saturated rings. The lowest BCUT2D eigenvalue weighted by Gasteiger charge is -2.25. The molecule has 0 aliphatic rings. The molecule has 0 aliphatic heterocycles. The van der Waals surface area contributed by atoms with Crippen LogP contribution in [0.2, 0.25) is 0 Å². The Kier molecular flexibility index (Phi) is 5.60. The van der Waals surface area contributed by atoms with Gasteiger partial charge in [-0.05, 0) is 70.6 Å². The molecule has 0 aliphatic carbocycles. The molecule has 8 aromatic rings. The van der Waals surface area contributed by atoms with Crippen LogP contribution in [0.1, 0.15) is 22.6 Å². The topological polar surface area (TPSA) is 0 Å². The summed E-state index contributed by atoms with van der Waals surface area (Å²) in [6, 6.07) is 51.7. The van der Waals surface area contributed by atoms with Crippen LogP contribution in [0.25, 0.3) is 53.9 Å². The van der Waals surface area contributed by atoms with Crippen molar-refractivity contribution in [3.8, 4) is 0 Å². The molecule has 0 heterocycles. The van der Waals surface area contributed by atoms with Crippen LogP contribution in [-0.2, 0) is 0 Å². The van der Waals surface area contributed by atoms with Gasteiger partial charge in [0.15, 0.2) is 0 Å². The highest BCUT2D eigenvalue weighted by molar-refractivity contribution is 6.23. The lowest BCUT2D eigenvalue weighted by molar-refractivity contribution is 1.01. The maximum absolute atomic E-state index is 3.00. The van der Waals surface area contributed by atoms with Gasteiger partial charge in [0.2, 0.25) is 0 Å². The molecule has 0 spiro atoms. The monoisotopic (exact) mass is 496 g/mol. The lowest BCUT2D eigenvalue weighted by atomic mass is 9.78. The first-order valence-corrected chi connectivity index (χ1v) is 13.5. The molecule has 0 N–H and O–H groups in total. The first-order valence-electron chi connectivity index (χ1n) is 13.5. The Bertz CT molecular complexity index is 2010. The van der Waals surface area contributed by atoms with Gasteiger partial charge in [-0.1, -0.05) is 140 Å². The van der Waals surface area contributed by atoms with Crippen molar-refractivity contribution < 1.29 is 0 Å². The zero-order valence-corrected chi connectivity index (χ0v) is 21.8. The van der Waals surface area contributed by atoms with Gasteiger partial charge >= 0.3 is 0 Å². The summed E-state index contributed by atoms with van der Waals surface area (Å²) in [6.07, 6.45) is 0. The quantitative estimate of drug-likeness (QED) is 0.130. The van der Waals surface area contributed by atoms with Crippen LogP contribution in [-0.4, -0.2) is 0 Å². The van der Waals surface area contributed by atoms with E-state index in [-0.39, 0.29) is 5.92 Å². The zero-order chi connectivity index (χ0) is 26.3. The van der Waals surface area contributed by atoms with Crippen LogP contribution in [0.3, 0.4) is 0 Å². The van der Waals surface area contributed by atoms with E-state index < -0.39 is 0 Å². The van der Waals surface area contributed by atoms with Crippen LogP contribution in [0.5, 0.6) is 0 Å². The van der Waals surface area contributed by atoms with E-state index in [4.69, 9.17) is 0 Å². The minimum atomic E-state index is 0.0989. The molecule has 0 aromatic heterocycles. The van der Waals surface area contributed by atoms with E-state index in [2.05, 4.69) is 153 Å². The Hall–Kier alpha value is -4.94. The summed E-state index contributed by atoms with van der Waals surface area (Å²) in [6.45, 7) is 6.00. The van der Waals surface area contributed by atoms with Crippen LogP contribution in [0.4, 0.5) is 0 Å². The van der Waals surface area contributed by atoms with E-state index in [0.717, 1.165) is 0 Å². The van der Waals surface area contributed by atoms with Crippen LogP contribution in [0, 0.1) is 0 Å². The van der Waals surface area contributed by atoms with E-state index in [1.807, 2.05) is 0 Å². The standard InChI is InChI=1S/C37H24.C2H4/c1-3-14-29-24(8-1)10-6-16-31(29)37(32-17-7-11-25-9-2-4-15-30(25)32)34-23-21-28-19-18-26-12-5-13-27-20-22-33(34)36(28)35(26)27;1-2/h1-23,37H;1-2H2. The van der Waals surface area contributed by atoms with Crippen molar-refractivity contribution in [2.75, 3.05) is 0 Å². The minimum absolute atomic E-state index is 0.0989. The van der Waals surface area contributed by atoms with Gasteiger partial charge in [-0.3, -0.25) is 0 Å². The molecule has 0 nitrogen and oxygen atoms in total. The van der Waals surface area contributed by atoms with Gasteiger partial charge < -0.3 is 0 Å². The number of rotatable bonds is 3. The Morgan fingerprint density at radius 3 is 1.33 bits per heavy atom. The van der Waals surface area contributed by atoms with Crippen molar-refractivity contribution in [2.24, 2.45) is 0 Å². The minimum Gasteiger partial charge on any atom is -0.106 e. The summed E-state index contributed by atoms with van der Waals surface area (Å²) in [4.78, 5) is 0. The Morgan fingerprint density at radius 1 is 0.308 bits per heavy atom. The Morgan fingerprint density at radius 2 is 0.718 bits per heavy atom. The van der Waals surface area contributed by atoms with Crippen molar-refractivity contribution >= 4 is 53.9 Å². The smallest absolute Gasteiger partial charge is 0.0358 e. The van der Waals surface area contributed by atoms with E-state index in [9.17, 15) is 0 Å². The highest BCUT2D eigenvalue weighted by Crippen LogP contribution is 2.44. The summed E-state index contributed by atoms with van der Waals surface area (Å²) in [5.41, 5.74) is 4.06. The van der Waals surface area contributed by atoms with Crippen LogP contribution >= 0.6 is 0 Å².